The number of halogens is 1. The molecule has 0 spiro atoms. The average molecular weight is 251 g/mol. The smallest absolute Gasteiger partial charge is 0.250 e. The second-order valence-corrected chi connectivity index (χ2v) is 4.76. The zero-order chi connectivity index (χ0) is 13.3. The van der Waals surface area contributed by atoms with Gasteiger partial charge < -0.3 is 16.4 Å². The fourth-order valence-corrected chi connectivity index (χ4v) is 2.42. The first-order valence-corrected chi connectivity index (χ1v) is 6.16. The SMILES string of the molecule is CCC1CCN(c2cc(C(N)=O)c(N)cc2F)C1. The summed E-state index contributed by atoms with van der Waals surface area (Å²) in [6.45, 7) is 3.75. The standard InChI is InChI=1S/C13H18FN3O/c1-2-8-3-4-17(7-8)12-5-9(13(16)18)11(15)6-10(12)14/h5-6,8H,2-4,7,15H2,1H3,(H2,16,18). The number of benzene rings is 1. The van der Waals surface area contributed by atoms with Crippen LogP contribution in [0.25, 0.3) is 0 Å². The van der Waals surface area contributed by atoms with Crippen LogP contribution in [0.5, 0.6) is 0 Å². The third kappa shape index (κ3) is 2.25. The number of primary amides is 1. The number of anilines is 2. The summed E-state index contributed by atoms with van der Waals surface area (Å²) >= 11 is 0. The molecule has 1 amide bonds. The van der Waals surface area contributed by atoms with Crippen molar-refractivity contribution in [3.05, 3.63) is 23.5 Å². The third-order valence-corrected chi connectivity index (χ3v) is 3.59. The van der Waals surface area contributed by atoms with Gasteiger partial charge in [-0.05, 0) is 24.5 Å². The third-order valence-electron chi connectivity index (χ3n) is 3.59. The fourth-order valence-electron chi connectivity index (χ4n) is 2.42. The zero-order valence-corrected chi connectivity index (χ0v) is 10.4. The van der Waals surface area contributed by atoms with Crippen LogP contribution in [0, 0.1) is 11.7 Å². The minimum Gasteiger partial charge on any atom is -0.398 e. The summed E-state index contributed by atoms with van der Waals surface area (Å²) in [5, 5.41) is 0. The number of carbonyl (C=O) groups is 1. The van der Waals surface area contributed by atoms with Crippen molar-refractivity contribution in [1.82, 2.24) is 0 Å². The Morgan fingerprint density at radius 2 is 2.28 bits per heavy atom. The quantitative estimate of drug-likeness (QED) is 0.804. The lowest BCUT2D eigenvalue weighted by Gasteiger charge is -2.20. The fraction of sp³-hybridized carbons (Fsp3) is 0.462. The number of amides is 1. The van der Waals surface area contributed by atoms with Gasteiger partial charge in [0.15, 0.2) is 0 Å². The van der Waals surface area contributed by atoms with E-state index in [-0.39, 0.29) is 11.3 Å². The highest BCUT2D eigenvalue weighted by atomic mass is 19.1. The second-order valence-electron chi connectivity index (χ2n) is 4.76. The van der Waals surface area contributed by atoms with E-state index in [0.29, 0.717) is 11.6 Å². The number of nitrogens with two attached hydrogens (primary N) is 2. The molecule has 1 atom stereocenters. The van der Waals surface area contributed by atoms with Gasteiger partial charge in [-0.3, -0.25) is 4.79 Å². The Bertz CT molecular complexity index is 476. The molecule has 4 N–H and O–H groups in total. The van der Waals surface area contributed by atoms with Gasteiger partial charge in [0, 0.05) is 18.8 Å². The van der Waals surface area contributed by atoms with Crippen LogP contribution >= 0.6 is 0 Å². The lowest BCUT2D eigenvalue weighted by atomic mass is 10.1. The molecule has 1 unspecified atom stereocenters. The van der Waals surface area contributed by atoms with E-state index in [1.807, 2.05) is 4.90 Å². The first-order chi connectivity index (χ1) is 8.52. The predicted octanol–water partition coefficient (Wildman–Crippen LogP) is 1.74. The van der Waals surface area contributed by atoms with Crippen LogP contribution in [0.1, 0.15) is 30.1 Å². The highest BCUT2D eigenvalue weighted by Gasteiger charge is 2.24. The molecule has 0 aliphatic carbocycles. The van der Waals surface area contributed by atoms with Gasteiger partial charge in [-0.2, -0.15) is 0 Å². The Labute approximate surface area is 106 Å². The lowest BCUT2D eigenvalue weighted by Crippen LogP contribution is -2.22. The Balaban J connectivity index is 2.33. The van der Waals surface area contributed by atoms with E-state index in [1.54, 1.807) is 0 Å². The number of nitrogens with zero attached hydrogens (tertiary/aromatic N) is 1. The van der Waals surface area contributed by atoms with E-state index < -0.39 is 11.7 Å². The molecule has 1 aromatic carbocycles. The molecule has 1 aromatic rings. The highest BCUT2D eigenvalue weighted by molar-refractivity contribution is 5.99. The molecular formula is C13H18FN3O. The average Bonchev–Trinajstić information content (AvgIpc) is 2.77. The Morgan fingerprint density at radius 3 is 2.83 bits per heavy atom. The maximum absolute atomic E-state index is 13.9. The number of carbonyl (C=O) groups excluding carboxylic acids is 1. The molecule has 0 bridgehead atoms. The van der Waals surface area contributed by atoms with Crippen molar-refractivity contribution in [1.29, 1.82) is 0 Å². The normalized spacial score (nSPS) is 19.2. The Hall–Kier alpha value is -1.78. The Kier molecular flexibility index (Phi) is 3.41. The maximum atomic E-state index is 13.9. The number of rotatable bonds is 3. The maximum Gasteiger partial charge on any atom is 0.250 e. The van der Waals surface area contributed by atoms with E-state index in [1.165, 1.54) is 12.1 Å². The molecule has 1 saturated heterocycles. The van der Waals surface area contributed by atoms with Crippen molar-refractivity contribution in [2.75, 3.05) is 23.7 Å². The number of hydrogen-bond donors (Lipinski definition) is 2. The van der Waals surface area contributed by atoms with Gasteiger partial charge in [0.1, 0.15) is 5.82 Å². The van der Waals surface area contributed by atoms with Crippen LogP contribution in [0.3, 0.4) is 0 Å². The summed E-state index contributed by atoms with van der Waals surface area (Å²) in [7, 11) is 0. The van der Waals surface area contributed by atoms with Crippen molar-refractivity contribution in [3.63, 3.8) is 0 Å². The number of nitrogen functional groups attached to an aromatic ring is 1. The molecule has 0 radical (unpaired) electrons. The van der Waals surface area contributed by atoms with E-state index in [2.05, 4.69) is 6.92 Å². The van der Waals surface area contributed by atoms with Crippen LogP contribution in [0.2, 0.25) is 0 Å². The van der Waals surface area contributed by atoms with Crippen LogP contribution in [0.4, 0.5) is 15.8 Å². The molecule has 1 heterocycles. The molecule has 0 aromatic heterocycles. The first-order valence-electron chi connectivity index (χ1n) is 6.16. The van der Waals surface area contributed by atoms with E-state index in [0.717, 1.165) is 25.9 Å². The van der Waals surface area contributed by atoms with Gasteiger partial charge in [0.05, 0.1) is 11.3 Å². The summed E-state index contributed by atoms with van der Waals surface area (Å²) in [5.41, 5.74) is 11.5. The van der Waals surface area contributed by atoms with Crippen LogP contribution in [0.15, 0.2) is 12.1 Å². The summed E-state index contributed by atoms with van der Waals surface area (Å²) in [5.74, 6) is -0.437. The van der Waals surface area contributed by atoms with Crippen LogP contribution < -0.4 is 16.4 Å². The van der Waals surface area contributed by atoms with Crippen molar-refractivity contribution in [3.8, 4) is 0 Å². The van der Waals surface area contributed by atoms with Gasteiger partial charge >= 0.3 is 0 Å². The summed E-state index contributed by atoms with van der Waals surface area (Å²) < 4.78 is 13.9. The van der Waals surface area contributed by atoms with Gasteiger partial charge in [-0.15, -0.1) is 0 Å². The van der Waals surface area contributed by atoms with Crippen LogP contribution in [-0.4, -0.2) is 19.0 Å². The molecule has 1 aliphatic rings. The molecule has 0 saturated carbocycles. The molecule has 1 aliphatic heterocycles. The van der Waals surface area contributed by atoms with Crippen LogP contribution in [-0.2, 0) is 0 Å². The van der Waals surface area contributed by atoms with Crippen molar-refractivity contribution in [2.24, 2.45) is 11.7 Å². The molecule has 1 fully saturated rings. The summed E-state index contributed by atoms with van der Waals surface area (Å²) in [6.07, 6.45) is 2.13. The molecule has 5 heteroatoms. The first kappa shape index (κ1) is 12.7. The molecule has 98 valence electrons. The van der Waals surface area contributed by atoms with Gasteiger partial charge in [-0.25, -0.2) is 4.39 Å². The monoisotopic (exact) mass is 251 g/mol. The molecule has 18 heavy (non-hydrogen) atoms. The predicted molar refractivity (Wildman–Crippen MR) is 69.9 cm³/mol. The number of hydrogen-bond acceptors (Lipinski definition) is 3. The second kappa shape index (κ2) is 4.84. The summed E-state index contributed by atoms with van der Waals surface area (Å²) in [4.78, 5) is 13.2. The van der Waals surface area contributed by atoms with Gasteiger partial charge in [-0.1, -0.05) is 13.3 Å². The van der Waals surface area contributed by atoms with Crippen molar-refractivity contribution < 1.29 is 9.18 Å². The Morgan fingerprint density at radius 1 is 1.56 bits per heavy atom. The van der Waals surface area contributed by atoms with E-state index >= 15 is 0 Å². The molecule has 4 nitrogen and oxygen atoms in total. The lowest BCUT2D eigenvalue weighted by molar-refractivity contribution is 0.100. The molecular weight excluding hydrogens is 233 g/mol. The van der Waals surface area contributed by atoms with Gasteiger partial charge in [0.25, 0.3) is 5.91 Å². The van der Waals surface area contributed by atoms with Crippen molar-refractivity contribution >= 4 is 17.3 Å². The van der Waals surface area contributed by atoms with E-state index in [4.69, 9.17) is 11.5 Å². The topological polar surface area (TPSA) is 72.3 Å². The minimum atomic E-state index is -0.625. The van der Waals surface area contributed by atoms with Gasteiger partial charge in [0.2, 0.25) is 0 Å². The van der Waals surface area contributed by atoms with Crippen molar-refractivity contribution in [2.45, 2.75) is 19.8 Å². The highest BCUT2D eigenvalue weighted by Crippen LogP contribution is 2.30. The minimum absolute atomic E-state index is 0.0926. The largest absolute Gasteiger partial charge is 0.398 e. The zero-order valence-electron chi connectivity index (χ0n) is 10.4. The van der Waals surface area contributed by atoms with E-state index in [9.17, 15) is 9.18 Å². The molecule has 2 rings (SSSR count). The summed E-state index contributed by atoms with van der Waals surface area (Å²) in [6, 6.07) is 2.64.